The maximum Gasteiger partial charge on any atom is 0.122 e. The molecule has 0 spiro atoms. The summed E-state index contributed by atoms with van der Waals surface area (Å²) >= 11 is 0. The van der Waals surface area contributed by atoms with Crippen molar-refractivity contribution in [2.75, 3.05) is 7.11 Å². The Kier molecular flexibility index (Phi) is 4.22. The minimum atomic E-state index is -0.477. The Labute approximate surface area is 113 Å². The Hall–Kier alpha value is -1.81. The molecular formula is C15H20N2O2. The van der Waals surface area contributed by atoms with Gasteiger partial charge in [0, 0.05) is 13.2 Å². The van der Waals surface area contributed by atoms with E-state index in [1.807, 2.05) is 44.6 Å². The van der Waals surface area contributed by atoms with E-state index < -0.39 is 6.10 Å². The van der Waals surface area contributed by atoms with Crippen molar-refractivity contribution in [1.29, 1.82) is 0 Å². The summed E-state index contributed by atoms with van der Waals surface area (Å²) in [4.78, 5) is 0. The number of hydrogen-bond acceptors (Lipinski definition) is 3. The van der Waals surface area contributed by atoms with Crippen LogP contribution in [0.15, 0.2) is 30.6 Å². The molecule has 1 aromatic carbocycles. The van der Waals surface area contributed by atoms with Crippen LogP contribution in [0.25, 0.3) is 0 Å². The highest BCUT2D eigenvalue weighted by Gasteiger charge is 2.10. The summed E-state index contributed by atoms with van der Waals surface area (Å²) in [5.74, 6) is 0.818. The Morgan fingerprint density at radius 3 is 2.84 bits per heavy atom. The molecule has 0 aliphatic rings. The van der Waals surface area contributed by atoms with Crippen molar-refractivity contribution in [3.8, 4) is 5.75 Å². The second kappa shape index (κ2) is 5.89. The first kappa shape index (κ1) is 13.6. The first-order chi connectivity index (χ1) is 9.10. The predicted molar refractivity (Wildman–Crippen MR) is 74.2 cm³/mol. The van der Waals surface area contributed by atoms with Crippen LogP contribution in [0, 0.1) is 6.92 Å². The minimum Gasteiger partial charge on any atom is -0.496 e. The van der Waals surface area contributed by atoms with Crippen LogP contribution in [0.2, 0.25) is 0 Å². The SMILES string of the molecule is COc1cc(C(O)CCc2cnn(C)c2)ccc1C. The van der Waals surface area contributed by atoms with Gasteiger partial charge in [-0.25, -0.2) is 0 Å². The highest BCUT2D eigenvalue weighted by Crippen LogP contribution is 2.25. The quantitative estimate of drug-likeness (QED) is 0.898. The van der Waals surface area contributed by atoms with E-state index in [2.05, 4.69) is 5.10 Å². The van der Waals surface area contributed by atoms with E-state index in [1.165, 1.54) is 0 Å². The van der Waals surface area contributed by atoms with Crippen LogP contribution >= 0.6 is 0 Å². The molecule has 0 fully saturated rings. The minimum absolute atomic E-state index is 0.477. The molecule has 0 aliphatic heterocycles. The number of nitrogens with zero attached hydrogens (tertiary/aromatic N) is 2. The third-order valence-electron chi connectivity index (χ3n) is 3.28. The molecule has 4 heteroatoms. The highest BCUT2D eigenvalue weighted by molar-refractivity contribution is 5.37. The summed E-state index contributed by atoms with van der Waals surface area (Å²) < 4.78 is 7.05. The van der Waals surface area contributed by atoms with Gasteiger partial charge in [-0.2, -0.15) is 5.10 Å². The van der Waals surface area contributed by atoms with Gasteiger partial charge in [0.1, 0.15) is 5.75 Å². The molecule has 1 atom stereocenters. The lowest BCUT2D eigenvalue weighted by Crippen LogP contribution is -2.00. The Bertz CT molecular complexity index is 549. The largest absolute Gasteiger partial charge is 0.496 e. The molecule has 0 amide bonds. The van der Waals surface area contributed by atoms with E-state index in [4.69, 9.17) is 4.74 Å². The fourth-order valence-electron chi connectivity index (χ4n) is 2.11. The van der Waals surface area contributed by atoms with Crippen molar-refractivity contribution in [2.24, 2.45) is 7.05 Å². The van der Waals surface area contributed by atoms with Crippen molar-refractivity contribution in [3.63, 3.8) is 0 Å². The van der Waals surface area contributed by atoms with E-state index in [-0.39, 0.29) is 0 Å². The molecule has 2 rings (SSSR count). The molecule has 1 unspecified atom stereocenters. The van der Waals surface area contributed by atoms with Crippen LogP contribution in [0.4, 0.5) is 0 Å². The number of aryl methyl sites for hydroxylation is 3. The number of benzene rings is 1. The maximum absolute atomic E-state index is 10.2. The smallest absolute Gasteiger partial charge is 0.122 e. The molecule has 0 saturated carbocycles. The van der Waals surface area contributed by atoms with E-state index in [0.717, 1.165) is 28.9 Å². The van der Waals surface area contributed by atoms with Gasteiger partial charge in [-0.3, -0.25) is 4.68 Å². The van der Waals surface area contributed by atoms with E-state index in [0.29, 0.717) is 6.42 Å². The van der Waals surface area contributed by atoms with Crippen LogP contribution in [-0.4, -0.2) is 22.0 Å². The number of methoxy groups -OCH3 is 1. The van der Waals surface area contributed by atoms with E-state index >= 15 is 0 Å². The molecule has 0 aliphatic carbocycles. The summed E-state index contributed by atoms with van der Waals surface area (Å²) in [7, 11) is 3.54. The summed E-state index contributed by atoms with van der Waals surface area (Å²) in [6.45, 7) is 1.99. The van der Waals surface area contributed by atoms with Gasteiger partial charge in [-0.15, -0.1) is 0 Å². The van der Waals surface area contributed by atoms with Gasteiger partial charge in [-0.1, -0.05) is 12.1 Å². The lowest BCUT2D eigenvalue weighted by Gasteiger charge is -2.13. The summed E-state index contributed by atoms with van der Waals surface area (Å²) in [6.07, 6.45) is 4.82. The van der Waals surface area contributed by atoms with Gasteiger partial charge in [0.2, 0.25) is 0 Å². The lowest BCUT2D eigenvalue weighted by molar-refractivity contribution is 0.167. The van der Waals surface area contributed by atoms with Gasteiger partial charge in [0.05, 0.1) is 19.4 Å². The summed E-state index contributed by atoms with van der Waals surface area (Å²) in [5, 5.41) is 14.3. The van der Waals surface area contributed by atoms with Crippen molar-refractivity contribution >= 4 is 0 Å². The van der Waals surface area contributed by atoms with Gasteiger partial charge in [0.25, 0.3) is 0 Å². The average Bonchev–Trinajstić information content (AvgIpc) is 2.82. The van der Waals surface area contributed by atoms with E-state index in [9.17, 15) is 5.11 Å². The standard InChI is InChI=1S/C15H20N2O2/c1-11-4-6-13(8-15(11)19-3)14(18)7-5-12-9-16-17(2)10-12/h4,6,8-10,14,18H,5,7H2,1-3H3. The number of hydrogen-bond donors (Lipinski definition) is 1. The van der Waals surface area contributed by atoms with Crippen molar-refractivity contribution in [2.45, 2.75) is 25.9 Å². The zero-order chi connectivity index (χ0) is 13.8. The molecule has 0 bridgehead atoms. The van der Waals surface area contributed by atoms with Crippen molar-refractivity contribution in [1.82, 2.24) is 9.78 Å². The van der Waals surface area contributed by atoms with Gasteiger partial charge < -0.3 is 9.84 Å². The van der Waals surface area contributed by atoms with Crippen LogP contribution in [0.5, 0.6) is 5.75 Å². The average molecular weight is 260 g/mol. The molecule has 1 heterocycles. The molecular weight excluding hydrogens is 240 g/mol. The molecule has 0 saturated heterocycles. The zero-order valence-electron chi connectivity index (χ0n) is 11.6. The molecule has 1 N–H and O–H groups in total. The molecule has 1 aromatic heterocycles. The first-order valence-electron chi connectivity index (χ1n) is 6.40. The fourth-order valence-corrected chi connectivity index (χ4v) is 2.11. The van der Waals surface area contributed by atoms with Gasteiger partial charge in [-0.05, 0) is 42.5 Å². The van der Waals surface area contributed by atoms with Crippen LogP contribution < -0.4 is 4.74 Å². The highest BCUT2D eigenvalue weighted by atomic mass is 16.5. The number of rotatable bonds is 5. The normalized spacial score (nSPS) is 12.4. The fraction of sp³-hybridized carbons (Fsp3) is 0.400. The Morgan fingerprint density at radius 2 is 2.21 bits per heavy atom. The maximum atomic E-state index is 10.2. The molecule has 4 nitrogen and oxygen atoms in total. The molecule has 19 heavy (non-hydrogen) atoms. The van der Waals surface area contributed by atoms with Crippen molar-refractivity contribution in [3.05, 3.63) is 47.3 Å². The number of aromatic nitrogens is 2. The second-order valence-electron chi connectivity index (χ2n) is 4.81. The Balaban J connectivity index is 2.01. The van der Waals surface area contributed by atoms with Crippen LogP contribution in [0.1, 0.15) is 29.2 Å². The monoisotopic (exact) mass is 260 g/mol. The zero-order valence-corrected chi connectivity index (χ0v) is 11.6. The molecule has 2 aromatic rings. The number of aliphatic hydroxyl groups is 1. The summed E-state index contributed by atoms with van der Waals surface area (Å²) in [6, 6.07) is 5.83. The first-order valence-corrected chi connectivity index (χ1v) is 6.40. The van der Waals surface area contributed by atoms with Crippen LogP contribution in [0.3, 0.4) is 0 Å². The van der Waals surface area contributed by atoms with Gasteiger partial charge >= 0.3 is 0 Å². The van der Waals surface area contributed by atoms with E-state index in [1.54, 1.807) is 11.8 Å². The number of ether oxygens (including phenoxy) is 1. The molecule has 0 radical (unpaired) electrons. The third-order valence-corrected chi connectivity index (χ3v) is 3.28. The topological polar surface area (TPSA) is 47.3 Å². The summed E-state index contributed by atoms with van der Waals surface area (Å²) in [5.41, 5.74) is 3.11. The van der Waals surface area contributed by atoms with Crippen LogP contribution in [-0.2, 0) is 13.5 Å². The second-order valence-corrected chi connectivity index (χ2v) is 4.81. The number of aliphatic hydroxyl groups excluding tert-OH is 1. The van der Waals surface area contributed by atoms with Gasteiger partial charge in [0.15, 0.2) is 0 Å². The lowest BCUT2D eigenvalue weighted by atomic mass is 10.0. The Morgan fingerprint density at radius 1 is 1.42 bits per heavy atom. The molecule has 102 valence electrons. The third kappa shape index (κ3) is 3.35. The van der Waals surface area contributed by atoms with Crippen molar-refractivity contribution < 1.29 is 9.84 Å². The predicted octanol–water partition coefficient (Wildman–Crippen LogP) is 2.40.